The molecule has 4 aliphatic heterocycles. The molecule has 0 aliphatic carbocycles. The Kier molecular flexibility index (Phi) is 14.1. The SMILES string of the molecule is CC[C@H]1OC(=O)[C@H](C)[C@@H](O[C@H]2C[C@@](C)(OC)C[C@H](C)O2)[C@H](C)[C@@H](O[C@@H]2O[C@H](C)C[C@H](N(C)CCO)[C@H]2O)[C@@]2(C)C[C@H](C)[C@H](O2)[C@H](C)[C@@H](O)[C@]1(C)O. The number of esters is 1. The van der Waals surface area contributed by atoms with Crippen molar-refractivity contribution in [3.05, 3.63) is 0 Å². The Balaban J connectivity index is 1.82. The van der Waals surface area contributed by atoms with Crippen LogP contribution < -0.4 is 0 Å². The average Bonchev–Trinajstić information content (AvgIpc) is 3.38. The zero-order valence-corrected chi connectivity index (χ0v) is 33.1. The first-order chi connectivity index (χ1) is 23.7. The van der Waals surface area contributed by atoms with Crippen molar-refractivity contribution in [1.82, 2.24) is 4.90 Å². The molecule has 4 fully saturated rings. The maximum atomic E-state index is 14.1. The second-order valence-electron chi connectivity index (χ2n) is 17.0. The van der Waals surface area contributed by atoms with E-state index in [9.17, 15) is 25.2 Å². The number of hydrogen-bond donors (Lipinski definition) is 4. The Morgan fingerprint density at radius 3 is 2.22 bits per heavy atom. The highest BCUT2D eigenvalue weighted by molar-refractivity contribution is 5.73. The number of aliphatic hydroxyl groups is 4. The smallest absolute Gasteiger partial charge is 0.311 e. The van der Waals surface area contributed by atoms with Gasteiger partial charge in [0.2, 0.25) is 0 Å². The number of methoxy groups -OCH3 is 1. The van der Waals surface area contributed by atoms with Gasteiger partial charge in [0.1, 0.15) is 17.8 Å². The van der Waals surface area contributed by atoms with Crippen LogP contribution in [0.5, 0.6) is 0 Å². The van der Waals surface area contributed by atoms with Crippen molar-refractivity contribution >= 4 is 5.97 Å². The number of carbonyl (C=O) groups is 1. The van der Waals surface area contributed by atoms with E-state index in [2.05, 4.69) is 6.92 Å². The topological polar surface area (TPSA) is 166 Å². The van der Waals surface area contributed by atoms with Crippen molar-refractivity contribution in [3.63, 3.8) is 0 Å². The number of likely N-dealkylation sites (N-methyl/N-ethyl adjacent to an activating group) is 1. The molecule has 0 aromatic rings. The number of rotatable bonds is 9. The van der Waals surface area contributed by atoms with E-state index in [0.717, 1.165) is 0 Å². The highest BCUT2D eigenvalue weighted by Gasteiger charge is 2.57. The molecule has 0 amide bonds. The van der Waals surface area contributed by atoms with Crippen molar-refractivity contribution < 1.29 is 58.4 Å². The molecule has 18 atom stereocenters. The first-order valence-corrected chi connectivity index (χ1v) is 19.2. The van der Waals surface area contributed by atoms with Gasteiger partial charge in [0.05, 0.1) is 60.4 Å². The standard InChI is InChI=1S/C38H69NO12/c1-13-27-38(10,44)32(42)23(5)30-20(2)17-37(9,51-30)33(50-35-29(41)26(16-21(3)47-35)39(11)14-15-40)24(6)31(25(7)34(43)48-27)49-28-19-36(8,45-12)18-22(4)46-28/h20-33,35,40-42,44H,13-19H2,1-12H3/t20-,21+,22-,23-,24-,25+,26-,27+,28-,29+,30-,31-,32+,33+,35-,36-,37+,38+/m0/s1. The molecule has 0 unspecified atom stereocenters. The van der Waals surface area contributed by atoms with E-state index in [4.69, 9.17) is 33.2 Å². The van der Waals surface area contributed by atoms with Gasteiger partial charge in [0, 0.05) is 44.4 Å². The van der Waals surface area contributed by atoms with Crippen molar-refractivity contribution in [2.24, 2.45) is 23.7 Å². The molecule has 298 valence electrons. The quantitative estimate of drug-likeness (QED) is 0.256. The summed E-state index contributed by atoms with van der Waals surface area (Å²) in [5.41, 5.74) is -3.28. The highest BCUT2D eigenvalue weighted by atomic mass is 16.7. The molecule has 13 heteroatoms. The normalized spacial score (nSPS) is 50.3. The minimum Gasteiger partial charge on any atom is -0.459 e. The number of carbonyl (C=O) groups excluding carboxylic acids is 1. The van der Waals surface area contributed by atoms with Gasteiger partial charge in [-0.3, -0.25) is 9.69 Å². The lowest BCUT2D eigenvalue weighted by molar-refractivity contribution is -0.312. The summed E-state index contributed by atoms with van der Waals surface area (Å²) in [6.45, 7) is 19.1. The summed E-state index contributed by atoms with van der Waals surface area (Å²) in [6, 6.07) is -0.340. The number of ether oxygens (including phenoxy) is 7. The summed E-state index contributed by atoms with van der Waals surface area (Å²) in [4.78, 5) is 16.1. The van der Waals surface area contributed by atoms with Gasteiger partial charge < -0.3 is 53.6 Å². The number of fused-ring (bicyclic) bond motifs is 2. The fourth-order valence-electron chi connectivity index (χ4n) is 9.50. The molecule has 0 radical (unpaired) electrons. The van der Waals surface area contributed by atoms with Gasteiger partial charge in [-0.2, -0.15) is 0 Å². The predicted molar refractivity (Wildman–Crippen MR) is 189 cm³/mol. The van der Waals surface area contributed by atoms with Crippen molar-refractivity contribution in [1.29, 1.82) is 0 Å². The van der Waals surface area contributed by atoms with Crippen LogP contribution in [0, 0.1) is 23.7 Å². The van der Waals surface area contributed by atoms with Gasteiger partial charge in [-0.05, 0) is 73.8 Å². The van der Waals surface area contributed by atoms with Gasteiger partial charge in [-0.1, -0.05) is 27.7 Å². The molecular weight excluding hydrogens is 662 g/mol. The molecule has 0 aromatic carbocycles. The van der Waals surface area contributed by atoms with Gasteiger partial charge >= 0.3 is 5.97 Å². The van der Waals surface area contributed by atoms with E-state index in [1.807, 2.05) is 60.4 Å². The minimum atomic E-state index is -1.77. The largest absolute Gasteiger partial charge is 0.459 e. The fourth-order valence-corrected chi connectivity index (χ4v) is 9.50. The Morgan fingerprint density at radius 1 is 0.941 bits per heavy atom. The number of aliphatic hydroxyl groups excluding tert-OH is 3. The third kappa shape index (κ3) is 9.12. The van der Waals surface area contributed by atoms with Crippen molar-refractivity contribution in [3.8, 4) is 0 Å². The third-order valence-corrected chi connectivity index (χ3v) is 12.5. The summed E-state index contributed by atoms with van der Waals surface area (Å²) >= 11 is 0. The number of hydrogen-bond acceptors (Lipinski definition) is 13. The summed E-state index contributed by atoms with van der Waals surface area (Å²) in [5, 5.41) is 44.9. The second-order valence-corrected chi connectivity index (χ2v) is 17.0. The lowest BCUT2D eigenvalue weighted by Gasteiger charge is -2.48. The van der Waals surface area contributed by atoms with Crippen LogP contribution in [0.15, 0.2) is 0 Å². The van der Waals surface area contributed by atoms with E-state index < -0.39 is 89.7 Å². The Bertz CT molecular complexity index is 1140. The molecule has 51 heavy (non-hydrogen) atoms. The first-order valence-electron chi connectivity index (χ1n) is 19.2. The molecular formula is C38H69NO12. The van der Waals surface area contributed by atoms with Gasteiger partial charge in [0.25, 0.3) is 0 Å². The first kappa shape index (κ1) is 42.8. The number of nitrogens with zero attached hydrogens (tertiary/aromatic N) is 1. The molecule has 4 saturated heterocycles. The van der Waals surface area contributed by atoms with Crippen LogP contribution >= 0.6 is 0 Å². The Morgan fingerprint density at radius 2 is 1.61 bits per heavy atom. The van der Waals surface area contributed by atoms with E-state index in [1.165, 1.54) is 6.92 Å². The highest BCUT2D eigenvalue weighted by Crippen LogP contribution is 2.48. The Hall–Kier alpha value is -0.970. The van der Waals surface area contributed by atoms with Gasteiger partial charge in [-0.25, -0.2) is 0 Å². The molecule has 4 aliphatic rings. The summed E-state index contributed by atoms with van der Waals surface area (Å²) in [6.07, 6.45) is -5.21. The van der Waals surface area contributed by atoms with Crippen LogP contribution in [0.1, 0.15) is 101 Å². The van der Waals surface area contributed by atoms with Crippen molar-refractivity contribution in [2.75, 3.05) is 27.3 Å². The fraction of sp³-hybridized carbons (Fsp3) is 0.974. The zero-order chi connectivity index (χ0) is 38.2. The Labute approximate surface area is 305 Å². The van der Waals surface area contributed by atoms with Crippen LogP contribution in [0.25, 0.3) is 0 Å². The van der Waals surface area contributed by atoms with E-state index in [-0.39, 0.29) is 37.2 Å². The molecule has 0 spiro atoms. The van der Waals surface area contributed by atoms with Crippen LogP contribution in [0.3, 0.4) is 0 Å². The average molecular weight is 732 g/mol. The summed E-state index contributed by atoms with van der Waals surface area (Å²) < 4.78 is 45.3. The van der Waals surface area contributed by atoms with E-state index >= 15 is 0 Å². The monoisotopic (exact) mass is 731 g/mol. The third-order valence-electron chi connectivity index (χ3n) is 12.5. The van der Waals surface area contributed by atoms with Crippen LogP contribution in [-0.2, 0) is 38.0 Å². The summed E-state index contributed by atoms with van der Waals surface area (Å²) in [7, 11) is 3.53. The molecule has 2 bridgehead atoms. The minimum absolute atomic E-state index is 0.0550. The lowest BCUT2D eigenvalue weighted by Crippen LogP contribution is -2.60. The maximum absolute atomic E-state index is 14.1. The zero-order valence-electron chi connectivity index (χ0n) is 33.1. The lowest BCUT2D eigenvalue weighted by atomic mass is 9.76. The summed E-state index contributed by atoms with van der Waals surface area (Å²) in [5.74, 6) is -2.61. The molecule has 13 nitrogen and oxygen atoms in total. The molecule has 4 heterocycles. The van der Waals surface area contributed by atoms with Crippen LogP contribution in [0.2, 0.25) is 0 Å². The molecule has 0 saturated carbocycles. The van der Waals surface area contributed by atoms with Crippen LogP contribution in [-0.4, -0.2) is 143 Å². The molecule has 4 rings (SSSR count). The van der Waals surface area contributed by atoms with Crippen molar-refractivity contribution in [2.45, 2.75) is 186 Å². The van der Waals surface area contributed by atoms with Gasteiger partial charge in [-0.15, -0.1) is 0 Å². The van der Waals surface area contributed by atoms with E-state index in [1.54, 1.807) is 14.0 Å². The van der Waals surface area contributed by atoms with Gasteiger partial charge in [0.15, 0.2) is 12.6 Å². The molecule has 0 aromatic heterocycles. The van der Waals surface area contributed by atoms with Crippen LogP contribution in [0.4, 0.5) is 0 Å². The molecule has 4 N–H and O–H groups in total. The predicted octanol–water partition coefficient (Wildman–Crippen LogP) is 3.01. The number of cyclic esters (lactones) is 1. The maximum Gasteiger partial charge on any atom is 0.311 e. The van der Waals surface area contributed by atoms with E-state index in [0.29, 0.717) is 32.2 Å². The second kappa shape index (κ2) is 16.8.